The average Bonchev–Trinajstić information content (AvgIpc) is 3.21. The first-order valence-electron chi connectivity index (χ1n) is 21.5. The van der Waals surface area contributed by atoms with E-state index in [1.165, 1.54) is 0 Å². The van der Waals surface area contributed by atoms with Crippen molar-refractivity contribution in [3.05, 3.63) is 146 Å². The summed E-state index contributed by atoms with van der Waals surface area (Å²) in [6, 6.07) is 0. The Morgan fingerprint density at radius 3 is 0.947 bits per heavy atom. The SMILES string of the molecule is CC/C=C/C=C/C=C/C=C/CCCCCC(=O)OCC(COC(=O)CCCCC/C=C/C=C/C=C/C=C/CC)OC(=O)CCCCC/C=C/C=C/C=C/C=C/CC. The van der Waals surface area contributed by atoms with Gasteiger partial charge < -0.3 is 14.2 Å². The van der Waals surface area contributed by atoms with Crippen LogP contribution in [-0.2, 0) is 28.6 Å². The summed E-state index contributed by atoms with van der Waals surface area (Å²) < 4.78 is 16.6. The molecule has 0 aromatic rings. The molecule has 6 nitrogen and oxygen atoms in total. The number of ether oxygens (including phenoxy) is 3. The lowest BCUT2D eigenvalue weighted by Crippen LogP contribution is -2.30. The van der Waals surface area contributed by atoms with Gasteiger partial charge in [0.15, 0.2) is 6.10 Å². The summed E-state index contributed by atoms with van der Waals surface area (Å²) in [7, 11) is 0. The molecule has 57 heavy (non-hydrogen) atoms. The van der Waals surface area contributed by atoms with E-state index >= 15 is 0 Å². The van der Waals surface area contributed by atoms with Crippen molar-refractivity contribution < 1.29 is 28.6 Å². The van der Waals surface area contributed by atoms with Gasteiger partial charge in [0.2, 0.25) is 0 Å². The molecule has 0 aliphatic rings. The molecule has 0 amide bonds. The average molecular weight is 783 g/mol. The Balaban J connectivity index is 4.64. The molecular formula is C51H74O6. The summed E-state index contributed by atoms with van der Waals surface area (Å²) >= 11 is 0. The van der Waals surface area contributed by atoms with E-state index < -0.39 is 6.10 Å². The predicted molar refractivity (Wildman–Crippen MR) is 242 cm³/mol. The molecule has 0 rings (SSSR count). The molecule has 0 N–H and O–H groups in total. The second-order valence-electron chi connectivity index (χ2n) is 13.4. The van der Waals surface area contributed by atoms with Crippen molar-refractivity contribution >= 4 is 17.9 Å². The largest absolute Gasteiger partial charge is 0.462 e. The lowest BCUT2D eigenvalue weighted by molar-refractivity contribution is -0.167. The number of carbonyl (C=O) groups excluding carboxylic acids is 3. The monoisotopic (exact) mass is 783 g/mol. The molecular weight excluding hydrogens is 709 g/mol. The van der Waals surface area contributed by atoms with Crippen molar-refractivity contribution in [2.24, 2.45) is 0 Å². The zero-order chi connectivity index (χ0) is 41.5. The Hall–Kier alpha value is -4.71. The maximum absolute atomic E-state index is 12.7. The Morgan fingerprint density at radius 2 is 0.632 bits per heavy atom. The molecule has 0 fully saturated rings. The number of allylic oxidation sites excluding steroid dienone is 24. The van der Waals surface area contributed by atoms with Crippen molar-refractivity contribution in [1.29, 1.82) is 0 Å². The van der Waals surface area contributed by atoms with Gasteiger partial charge in [-0.05, 0) is 77.0 Å². The summed E-state index contributed by atoms with van der Waals surface area (Å²) in [5.74, 6) is -1.07. The molecule has 0 heterocycles. The van der Waals surface area contributed by atoms with E-state index in [4.69, 9.17) is 14.2 Å². The highest BCUT2D eigenvalue weighted by atomic mass is 16.6. The minimum Gasteiger partial charge on any atom is -0.462 e. The first kappa shape index (κ1) is 52.3. The lowest BCUT2D eigenvalue weighted by Gasteiger charge is -2.18. The molecule has 0 aliphatic heterocycles. The van der Waals surface area contributed by atoms with E-state index in [0.29, 0.717) is 19.3 Å². The van der Waals surface area contributed by atoms with Crippen LogP contribution in [0.1, 0.15) is 136 Å². The van der Waals surface area contributed by atoms with Crippen molar-refractivity contribution in [2.45, 2.75) is 142 Å². The summed E-state index contributed by atoms with van der Waals surface area (Å²) in [6.07, 6.45) is 62.6. The van der Waals surface area contributed by atoms with Gasteiger partial charge in [-0.15, -0.1) is 0 Å². The van der Waals surface area contributed by atoms with Gasteiger partial charge in [-0.2, -0.15) is 0 Å². The van der Waals surface area contributed by atoms with E-state index in [9.17, 15) is 14.4 Å². The molecule has 0 spiro atoms. The number of carbonyl (C=O) groups is 3. The van der Waals surface area contributed by atoms with Crippen LogP contribution in [0, 0.1) is 0 Å². The first-order valence-corrected chi connectivity index (χ1v) is 21.5. The van der Waals surface area contributed by atoms with Gasteiger partial charge in [-0.1, -0.05) is 186 Å². The molecule has 0 saturated carbocycles. The Bertz CT molecular complexity index is 1290. The third kappa shape index (κ3) is 42.3. The molecule has 0 saturated heterocycles. The highest BCUT2D eigenvalue weighted by molar-refractivity contribution is 5.71. The Morgan fingerprint density at radius 1 is 0.351 bits per heavy atom. The van der Waals surface area contributed by atoms with E-state index in [1.807, 2.05) is 109 Å². The lowest BCUT2D eigenvalue weighted by atomic mass is 10.1. The highest BCUT2D eigenvalue weighted by Crippen LogP contribution is 2.10. The summed E-state index contributed by atoms with van der Waals surface area (Å²) in [4.78, 5) is 37.7. The summed E-state index contributed by atoms with van der Waals surface area (Å²) in [5, 5.41) is 0. The van der Waals surface area contributed by atoms with Crippen molar-refractivity contribution in [3.63, 3.8) is 0 Å². The maximum atomic E-state index is 12.7. The summed E-state index contributed by atoms with van der Waals surface area (Å²) in [5.41, 5.74) is 0. The second-order valence-corrected chi connectivity index (χ2v) is 13.4. The molecule has 0 aromatic heterocycles. The van der Waals surface area contributed by atoms with Crippen LogP contribution in [0.4, 0.5) is 0 Å². The van der Waals surface area contributed by atoms with Gasteiger partial charge in [0, 0.05) is 19.3 Å². The van der Waals surface area contributed by atoms with Crippen LogP contribution in [-0.4, -0.2) is 37.2 Å². The molecule has 0 aromatic carbocycles. The first-order chi connectivity index (χ1) is 28.0. The van der Waals surface area contributed by atoms with Gasteiger partial charge in [-0.25, -0.2) is 0 Å². The molecule has 0 atom stereocenters. The standard InChI is InChI=1S/C51H74O6/c1-4-7-10-13-16-19-22-25-28-31-34-37-40-43-49(52)55-46-48(57-51(54)45-42-39-36-33-30-27-24-21-18-15-12-9-6-3)47-56-50(53)44-41-38-35-32-29-26-23-20-17-14-11-8-5-2/h7-30,48H,4-6,31-47H2,1-3H3/b10-7+,11-8+,12-9+,16-13+,17-14+,18-15+,22-19+,23-20+,24-21+,28-25+,29-26+,30-27+. The van der Waals surface area contributed by atoms with Crippen molar-refractivity contribution in [3.8, 4) is 0 Å². The van der Waals surface area contributed by atoms with Crippen LogP contribution in [0.15, 0.2) is 146 Å². The van der Waals surface area contributed by atoms with E-state index in [0.717, 1.165) is 77.0 Å². The normalized spacial score (nSPS) is 13.1. The van der Waals surface area contributed by atoms with Crippen LogP contribution in [0.3, 0.4) is 0 Å². The molecule has 314 valence electrons. The van der Waals surface area contributed by atoms with Gasteiger partial charge in [0.05, 0.1) is 0 Å². The van der Waals surface area contributed by atoms with Crippen LogP contribution < -0.4 is 0 Å². The van der Waals surface area contributed by atoms with Gasteiger partial charge in [0.1, 0.15) is 13.2 Å². The fraction of sp³-hybridized carbons (Fsp3) is 0.471. The number of unbranched alkanes of at least 4 members (excludes halogenated alkanes) is 9. The number of hydrogen-bond donors (Lipinski definition) is 0. The molecule has 0 unspecified atom stereocenters. The minimum absolute atomic E-state index is 0.135. The number of esters is 3. The van der Waals surface area contributed by atoms with Crippen LogP contribution in [0.5, 0.6) is 0 Å². The van der Waals surface area contributed by atoms with Crippen LogP contribution in [0.25, 0.3) is 0 Å². The van der Waals surface area contributed by atoms with E-state index in [2.05, 4.69) is 57.2 Å². The summed E-state index contributed by atoms with van der Waals surface area (Å²) in [6.45, 7) is 6.05. The van der Waals surface area contributed by atoms with Crippen LogP contribution in [0.2, 0.25) is 0 Å². The molecule has 0 bridgehead atoms. The smallest absolute Gasteiger partial charge is 0.306 e. The fourth-order valence-electron chi connectivity index (χ4n) is 4.94. The van der Waals surface area contributed by atoms with Gasteiger partial charge >= 0.3 is 17.9 Å². The maximum Gasteiger partial charge on any atom is 0.306 e. The predicted octanol–water partition coefficient (Wildman–Crippen LogP) is 13.7. The molecule has 0 radical (unpaired) electrons. The third-order valence-electron chi connectivity index (χ3n) is 8.10. The quantitative estimate of drug-likeness (QED) is 0.0276. The fourth-order valence-corrected chi connectivity index (χ4v) is 4.94. The van der Waals surface area contributed by atoms with Crippen LogP contribution >= 0.6 is 0 Å². The van der Waals surface area contributed by atoms with Crippen molar-refractivity contribution in [2.75, 3.05) is 13.2 Å². The van der Waals surface area contributed by atoms with Gasteiger partial charge in [-0.3, -0.25) is 14.4 Å². The third-order valence-corrected chi connectivity index (χ3v) is 8.10. The zero-order valence-corrected chi connectivity index (χ0v) is 35.5. The van der Waals surface area contributed by atoms with E-state index in [-0.39, 0.29) is 50.4 Å². The zero-order valence-electron chi connectivity index (χ0n) is 35.5. The van der Waals surface area contributed by atoms with Gasteiger partial charge in [0.25, 0.3) is 0 Å². The highest BCUT2D eigenvalue weighted by Gasteiger charge is 2.19. The number of hydrogen-bond acceptors (Lipinski definition) is 6. The van der Waals surface area contributed by atoms with Crippen molar-refractivity contribution in [1.82, 2.24) is 0 Å². The second kappa shape index (κ2) is 44.0. The van der Waals surface area contributed by atoms with E-state index in [1.54, 1.807) is 0 Å². The minimum atomic E-state index is -0.835. The topological polar surface area (TPSA) is 78.9 Å². The number of rotatable bonds is 35. The molecule has 0 aliphatic carbocycles. The molecule has 6 heteroatoms. The Kier molecular flexibility index (Phi) is 40.4. The Labute approximate surface area is 347 Å².